The zero-order valence-electron chi connectivity index (χ0n) is 24.9. The third-order valence-corrected chi connectivity index (χ3v) is 10.4. The number of piperazine rings is 1. The number of H-pyrrole nitrogens is 1. The van der Waals surface area contributed by atoms with E-state index in [9.17, 15) is 23.1 Å². The van der Waals surface area contributed by atoms with E-state index in [0.717, 1.165) is 24.0 Å². The minimum atomic E-state index is -3.62. The van der Waals surface area contributed by atoms with Crippen LogP contribution < -0.4 is 10.0 Å². The van der Waals surface area contributed by atoms with E-state index >= 15 is 0 Å². The molecule has 1 aromatic carbocycles. The summed E-state index contributed by atoms with van der Waals surface area (Å²) in [6.07, 6.45) is 5.17. The second kappa shape index (κ2) is 12.2. The van der Waals surface area contributed by atoms with Crippen molar-refractivity contribution in [3.8, 4) is 0 Å². The highest BCUT2D eigenvalue weighted by Crippen LogP contribution is 2.39. The summed E-state index contributed by atoms with van der Waals surface area (Å²) in [4.78, 5) is 31.7. The lowest BCUT2D eigenvalue weighted by molar-refractivity contribution is -0.165. The van der Waals surface area contributed by atoms with E-state index in [4.69, 9.17) is 0 Å². The van der Waals surface area contributed by atoms with Crippen molar-refractivity contribution in [3.63, 3.8) is 0 Å². The van der Waals surface area contributed by atoms with Crippen LogP contribution in [0.5, 0.6) is 0 Å². The largest absolute Gasteiger partial charge is 0.390 e. The number of nitrogens with zero attached hydrogens (tertiary/aromatic N) is 3. The number of sulfonamides is 1. The van der Waals surface area contributed by atoms with E-state index in [-0.39, 0.29) is 28.7 Å². The minimum absolute atomic E-state index is 0.176. The summed E-state index contributed by atoms with van der Waals surface area (Å²) in [5.41, 5.74) is 2.17. The Bertz CT molecular complexity index is 1330. The van der Waals surface area contributed by atoms with Crippen LogP contribution in [0.4, 0.5) is 0 Å². The molecule has 2 amide bonds. The molecule has 12 heteroatoms. The van der Waals surface area contributed by atoms with Crippen molar-refractivity contribution in [3.05, 3.63) is 46.8 Å². The predicted molar refractivity (Wildman–Crippen MR) is 156 cm³/mol. The molecule has 2 aromatic rings. The second-order valence-corrected chi connectivity index (χ2v) is 13.5. The van der Waals surface area contributed by atoms with Crippen molar-refractivity contribution in [2.45, 2.75) is 88.9 Å². The number of benzene rings is 1. The number of aliphatic hydroxyl groups is 1. The highest BCUT2D eigenvalue weighted by Gasteiger charge is 2.55. The van der Waals surface area contributed by atoms with Crippen molar-refractivity contribution < 1.29 is 23.1 Å². The molecule has 1 unspecified atom stereocenters. The topological polar surface area (TPSA) is 148 Å². The van der Waals surface area contributed by atoms with Gasteiger partial charge in [-0.1, -0.05) is 39.3 Å². The number of piperidine rings is 1. The van der Waals surface area contributed by atoms with Gasteiger partial charge in [0, 0.05) is 31.4 Å². The molecule has 3 heterocycles. The maximum Gasteiger partial charge on any atom is 0.248 e. The van der Waals surface area contributed by atoms with Crippen molar-refractivity contribution >= 4 is 21.8 Å². The molecular formula is C29H44N6O5S. The van der Waals surface area contributed by atoms with E-state index in [1.807, 2.05) is 32.2 Å². The molecule has 4 N–H and O–H groups in total. The average Bonchev–Trinajstić information content (AvgIpc) is 3.45. The number of amides is 2. The molecule has 2 aliphatic heterocycles. The fourth-order valence-electron chi connectivity index (χ4n) is 6.44. The monoisotopic (exact) mass is 588 g/mol. The lowest BCUT2D eigenvalue weighted by Crippen LogP contribution is -2.75. The summed E-state index contributed by atoms with van der Waals surface area (Å²) in [5, 5.41) is 20.7. The number of rotatable bonds is 10. The van der Waals surface area contributed by atoms with Crippen LogP contribution >= 0.6 is 0 Å². The molecule has 0 saturated carbocycles. The van der Waals surface area contributed by atoms with Gasteiger partial charge in [0.2, 0.25) is 21.8 Å². The lowest BCUT2D eigenvalue weighted by atomic mass is 9.79. The van der Waals surface area contributed by atoms with Crippen LogP contribution in [0, 0.1) is 19.8 Å². The number of unbranched alkanes of at least 4 members (excludes halogenated alkanes) is 1. The molecule has 41 heavy (non-hydrogen) atoms. The smallest absolute Gasteiger partial charge is 0.248 e. The van der Waals surface area contributed by atoms with Crippen LogP contribution in [-0.4, -0.2) is 89.7 Å². The number of aromatic nitrogens is 2. The Morgan fingerprint density at radius 3 is 2.29 bits per heavy atom. The number of aromatic amines is 1. The molecule has 226 valence electrons. The maximum absolute atomic E-state index is 13.7. The molecule has 2 fully saturated rings. The third kappa shape index (κ3) is 5.79. The van der Waals surface area contributed by atoms with Crippen LogP contribution in [0.25, 0.3) is 0 Å². The van der Waals surface area contributed by atoms with Gasteiger partial charge in [0.15, 0.2) is 0 Å². The van der Waals surface area contributed by atoms with E-state index in [1.54, 1.807) is 24.9 Å². The molecule has 1 aromatic heterocycles. The fraction of sp³-hybridized carbons (Fsp3) is 0.621. The van der Waals surface area contributed by atoms with Crippen molar-refractivity contribution in [1.29, 1.82) is 0 Å². The number of aliphatic hydroxyl groups excluding tert-OH is 1. The Labute approximate surface area is 243 Å². The summed E-state index contributed by atoms with van der Waals surface area (Å²) in [6.45, 7) is 10.9. The SMILES string of the molecule is CCCCN1C(=O)[C@@H]([C@H](O)C(C)C)NC(=O)C12CCN(C(c1cn[nH]c1)c1cc(C)c(S(=O)(=O)NC)c(C)c1)CC2. The molecule has 2 aliphatic rings. The number of hydrogen-bond donors (Lipinski definition) is 4. The fourth-order valence-corrected chi connectivity index (χ4v) is 7.61. The molecule has 0 radical (unpaired) electrons. The predicted octanol–water partition coefficient (Wildman–Crippen LogP) is 2.00. The third-order valence-electron chi connectivity index (χ3n) is 8.68. The van der Waals surface area contributed by atoms with Gasteiger partial charge in [0.05, 0.1) is 23.2 Å². The Morgan fingerprint density at radius 1 is 1.15 bits per heavy atom. The Kier molecular flexibility index (Phi) is 9.27. The van der Waals surface area contributed by atoms with Gasteiger partial charge in [-0.2, -0.15) is 5.10 Å². The number of carbonyl (C=O) groups excluding carboxylic acids is 2. The van der Waals surface area contributed by atoms with Gasteiger partial charge in [0.1, 0.15) is 11.6 Å². The number of aryl methyl sites for hydroxylation is 2. The molecule has 0 bridgehead atoms. The molecule has 0 aliphatic carbocycles. The molecular weight excluding hydrogens is 544 g/mol. The van der Waals surface area contributed by atoms with E-state index < -0.39 is 27.7 Å². The number of hydrogen-bond acceptors (Lipinski definition) is 7. The van der Waals surface area contributed by atoms with Gasteiger partial charge in [-0.05, 0) is 62.8 Å². The second-order valence-electron chi connectivity index (χ2n) is 11.7. The molecule has 2 saturated heterocycles. The molecule has 4 rings (SSSR count). The van der Waals surface area contributed by atoms with Crippen LogP contribution in [0.15, 0.2) is 29.4 Å². The number of likely N-dealkylation sites (tertiary alicyclic amines) is 1. The molecule has 3 atom stereocenters. The molecule has 1 spiro atoms. The maximum atomic E-state index is 13.7. The van der Waals surface area contributed by atoms with Gasteiger partial charge >= 0.3 is 0 Å². The van der Waals surface area contributed by atoms with Gasteiger partial charge in [0.25, 0.3) is 0 Å². The van der Waals surface area contributed by atoms with Crippen LogP contribution in [0.3, 0.4) is 0 Å². The summed E-state index contributed by atoms with van der Waals surface area (Å²) in [5.74, 6) is -0.595. The highest BCUT2D eigenvalue weighted by atomic mass is 32.2. The lowest BCUT2D eigenvalue weighted by Gasteiger charge is -2.53. The first-order chi connectivity index (χ1) is 19.4. The number of nitrogens with one attached hydrogen (secondary N) is 3. The van der Waals surface area contributed by atoms with Crippen LogP contribution in [-0.2, 0) is 19.6 Å². The summed E-state index contributed by atoms with van der Waals surface area (Å²) >= 11 is 0. The van der Waals surface area contributed by atoms with E-state index in [0.29, 0.717) is 43.6 Å². The summed E-state index contributed by atoms with van der Waals surface area (Å²) < 4.78 is 27.8. The summed E-state index contributed by atoms with van der Waals surface area (Å²) in [7, 11) is -2.22. The van der Waals surface area contributed by atoms with Gasteiger partial charge in [-0.15, -0.1) is 0 Å². The normalized spacial score (nSPS) is 21.4. The first-order valence-electron chi connectivity index (χ1n) is 14.5. The average molecular weight is 589 g/mol. The van der Waals surface area contributed by atoms with E-state index in [2.05, 4.69) is 32.1 Å². The Balaban J connectivity index is 1.66. The van der Waals surface area contributed by atoms with E-state index in [1.165, 1.54) is 7.05 Å². The van der Waals surface area contributed by atoms with Crippen LogP contribution in [0.1, 0.15) is 74.8 Å². The quantitative estimate of drug-likeness (QED) is 0.332. The van der Waals surface area contributed by atoms with Crippen molar-refractivity contribution in [2.75, 3.05) is 26.7 Å². The first kappa shape index (κ1) is 31.1. The van der Waals surface area contributed by atoms with Crippen molar-refractivity contribution in [2.24, 2.45) is 5.92 Å². The zero-order chi connectivity index (χ0) is 30.1. The van der Waals surface area contributed by atoms with Crippen molar-refractivity contribution in [1.82, 2.24) is 30.0 Å². The number of carbonyl (C=O) groups is 2. The Morgan fingerprint density at radius 2 is 1.78 bits per heavy atom. The zero-order valence-corrected chi connectivity index (χ0v) is 25.7. The minimum Gasteiger partial charge on any atom is -0.390 e. The highest BCUT2D eigenvalue weighted by molar-refractivity contribution is 7.89. The summed E-state index contributed by atoms with van der Waals surface area (Å²) in [6, 6.07) is 2.64. The first-order valence-corrected chi connectivity index (χ1v) is 15.9. The van der Waals surface area contributed by atoms with Crippen LogP contribution in [0.2, 0.25) is 0 Å². The standard InChI is InChI=1S/C29H44N6O5S/c1-7-8-11-35-27(37)23(25(36)18(2)3)33-28(38)29(35)9-12-34(13-10-29)24(22-16-31-32-17-22)21-14-19(4)26(20(5)15-21)41(39,40)30-6/h14-18,23-25,30,36H,7-13H2,1-6H3,(H,31,32)(H,33,38)/t23-,24?,25-/m1/s1. The Hall–Kier alpha value is -2.80. The van der Waals surface area contributed by atoms with Gasteiger partial charge in [-0.25, -0.2) is 13.1 Å². The molecule has 11 nitrogen and oxygen atoms in total. The van der Waals surface area contributed by atoms with Gasteiger partial charge in [-0.3, -0.25) is 19.6 Å². The van der Waals surface area contributed by atoms with Gasteiger partial charge < -0.3 is 15.3 Å².